The number of aromatic nitrogens is 3. The second-order valence-corrected chi connectivity index (χ2v) is 4.78. The van der Waals surface area contributed by atoms with Crippen molar-refractivity contribution in [2.45, 2.75) is 6.42 Å². The summed E-state index contributed by atoms with van der Waals surface area (Å²) in [5.74, 6) is 0.521. The van der Waals surface area contributed by atoms with E-state index in [0.717, 1.165) is 0 Å². The molecule has 6 heteroatoms. The molecule has 3 aromatic rings. The zero-order valence-electron chi connectivity index (χ0n) is 10.9. The van der Waals surface area contributed by atoms with Crippen LogP contribution in [-0.4, -0.2) is 20.9 Å². The summed E-state index contributed by atoms with van der Waals surface area (Å²) in [6.45, 7) is 0. The Hall–Kier alpha value is -2.53. The van der Waals surface area contributed by atoms with Crippen molar-refractivity contribution in [2.75, 3.05) is 0 Å². The number of carbonyl (C=O) groups is 1. The first-order valence-corrected chi connectivity index (χ1v) is 6.63. The van der Waals surface area contributed by atoms with E-state index in [1.54, 1.807) is 24.3 Å². The lowest BCUT2D eigenvalue weighted by atomic mass is 10.1. The first kappa shape index (κ1) is 13.5. The van der Waals surface area contributed by atoms with Gasteiger partial charge in [-0.1, -0.05) is 47.1 Å². The summed E-state index contributed by atoms with van der Waals surface area (Å²) >= 11 is 5.77. The average Bonchev–Trinajstić information content (AvgIpc) is 2.97. The fraction of sp³-hybridized carbons (Fsp3) is 0.0667. The Balaban J connectivity index is 1.76. The van der Waals surface area contributed by atoms with Gasteiger partial charge in [0.15, 0.2) is 5.78 Å². The van der Waals surface area contributed by atoms with Crippen LogP contribution < -0.4 is 0 Å². The fourth-order valence-corrected chi connectivity index (χ4v) is 1.91. The number of hydrogen-bond donors (Lipinski definition) is 0. The van der Waals surface area contributed by atoms with Crippen molar-refractivity contribution in [3.8, 4) is 11.5 Å². The minimum atomic E-state index is -0.0742. The van der Waals surface area contributed by atoms with Crippen LogP contribution in [0.3, 0.4) is 0 Å². The summed E-state index contributed by atoms with van der Waals surface area (Å²) in [6, 6.07) is 12.4. The molecule has 0 amide bonds. The van der Waals surface area contributed by atoms with Crippen molar-refractivity contribution in [3.05, 3.63) is 65.1 Å². The van der Waals surface area contributed by atoms with E-state index >= 15 is 0 Å². The predicted molar refractivity (Wildman–Crippen MR) is 77.0 cm³/mol. The van der Waals surface area contributed by atoms with Gasteiger partial charge in [0.05, 0.1) is 11.4 Å². The minimum absolute atomic E-state index is 0.0601. The lowest BCUT2D eigenvalue weighted by Gasteiger charge is -1.96. The monoisotopic (exact) mass is 299 g/mol. The summed E-state index contributed by atoms with van der Waals surface area (Å²) < 4.78 is 5.09. The highest BCUT2D eigenvalue weighted by molar-refractivity contribution is 6.30. The van der Waals surface area contributed by atoms with E-state index in [9.17, 15) is 4.79 Å². The Morgan fingerprint density at radius 2 is 1.95 bits per heavy atom. The largest absolute Gasteiger partial charge is 0.338 e. The molecule has 0 N–H and O–H groups in total. The number of rotatable bonds is 4. The van der Waals surface area contributed by atoms with Crippen LogP contribution in [0.1, 0.15) is 16.2 Å². The quantitative estimate of drug-likeness (QED) is 0.692. The maximum absolute atomic E-state index is 12.0. The third-order valence-corrected chi connectivity index (χ3v) is 3.06. The van der Waals surface area contributed by atoms with Crippen molar-refractivity contribution in [1.82, 2.24) is 15.1 Å². The molecule has 21 heavy (non-hydrogen) atoms. The number of hydrogen-bond acceptors (Lipinski definition) is 5. The smallest absolute Gasteiger partial charge is 0.234 e. The van der Waals surface area contributed by atoms with Crippen LogP contribution in [-0.2, 0) is 6.42 Å². The number of Topliss-reactive ketones (excluding diaryl/α,β-unsaturated/α-hetero) is 1. The molecule has 0 fully saturated rings. The molecule has 0 saturated heterocycles. The summed E-state index contributed by atoms with van der Waals surface area (Å²) in [6.07, 6.45) is 1.56. The molecule has 0 unspecified atom stereocenters. The molecule has 104 valence electrons. The highest BCUT2D eigenvalue weighted by Gasteiger charge is 2.14. The minimum Gasteiger partial charge on any atom is -0.338 e. The van der Waals surface area contributed by atoms with Crippen molar-refractivity contribution in [2.24, 2.45) is 0 Å². The van der Waals surface area contributed by atoms with Crippen molar-refractivity contribution >= 4 is 17.4 Å². The van der Waals surface area contributed by atoms with Crippen molar-refractivity contribution in [3.63, 3.8) is 0 Å². The molecule has 3 rings (SSSR count). The number of ketones is 1. The molecule has 0 aliphatic carbocycles. The Bertz CT molecular complexity index is 754. The van der Waals surface area contributed by atoms with Crippen molar-refractivity contribution < 1.29 is 9.32 Å². The Kier molecular flexibility index (Phi) is 3.75. The van der Waals surface area contributed by atoms with Gasteiger partial charge in [-0.2, -0.15) is 4.98 Å². The zero-order valence-corrected chi connectivity index (χ0v) is 11.6. The molecule has 0 saturated carbocycles. The normalized spacial score (nSPS) is 10.5. The van der Waals surface area contributed by atoms with Crippen LogP contribution in [0.25, 0.3) is 11.5 Å². The molecule has 5 nitrogen and oxygen atoms in total. The first-order valence-electron chi connectivity index (χ1n) is 6.25. The summed E-state index contributed by atoms with van der Waals surface area (Å²) in [4.78, 5) is 20.3. The van der Waals surface area contributed by atoms with Gasteiger partial charge < -0.3 is 4.52 Å². The molecular weight excluding hydrogens is 290 g/mol. The predicted octanol–water partition coefficient (Wildman–Crippen LogP) is 3.21. The van der Waals surface area contributed by atoms with E-state index in [2.05, 4.69) is 15.1 Å². The Morgan fingerprint density at radius 3 is 2.67 bits per heavy atom. The van der Waals surface area contributed by atoms with Crippen LogP contribution in [0.2, 0.25) is 5.02 Å². The van der Waals surface area contributed by atoms with Gasteiger partial charge in [0.25, 0.3) is 0 Å². The van der Waals surface area contributed by atoms with Crippen LogP contribution in [0.5, 0.6) is 0 Å². The summed E-state index contributed by atoms with van der Waals surface area (Å²) in [5.41, 5.74) is 1.16. The number of benzene rings is 1. The van der Waals surface area contributed by atoms with E-state index < -0.39 is 0 Å². The molecule has 0 aliphatic rings. The lowest BCUT2D eigenvalue weighted by Crippen LogP contribution is -2.03. The SMILES string of the molecule is O=C(Cc1nc(-c2ccc(Cl)cn2)no1)c1ccccc1. The first-order chi connectivity index (χ1) is 10.2. The van der Waals surface area contributed by atoms with E-state index in [1.165, 1.54) is 6.20 Å². The highest BCUT2D eigenvalue weighted by atomic mass is 35.5. The third-order valence-electron chi connectivity index (χ3n) is 2.83. The highest BCUT2D eigenvalue weighted by Crippen LogP contribution is 2.16. The molecule has 0 bridgehead atoms. The van der Waals surface area contributed by atoms with Gasteiger partial charge in [-0.05, 0) is 12.1 Å². The third kappa shape index (κ3) is 3.14. The van der Waals surface area contributed by atoms with Gasteiger partial charge in [-0.25, -0.2) is 0 Å². The van der Waals surface area contributed by atoms with E-state index in [1.807, 2.05) is 18.2 Å². The van der Waals surface area contributed by atoms with E-state index in [0.29, 0.717) is 22.1 Å². The summed E-state index contributed by atoms with van der Waals surface area (Å²) in [5, 5.41) is 4.35. The number of pyridine rings is 1. The summed E-state index contributed by atoms with van der Waals surface area (Å²) in [7, 11) is 0. The molecular formula is C15H10ClN3O2. The standard InChI is InChI=1S/C15H10ClN3O2/c16-11-6-7-12(17-9-11)15-18-14(21-19-15)8-13(20)10-4-2-1-3-5-10/h1-7,9H,8H2. The number of carbonyl (C=O) groups excluding carboxylic acids is 1. The molecule has 2 aromatic heterocycles. The molecule has 0 radical (unpaired) electrons. The van der Waals surface area contributed by atoms with Gasteiger partial charge in [0.2, 0.25) is 11.7 Å². The Morgan fingerprint density at radius 1 is 1.14 bits per heavy atom. The lowest BCUT2D eigenvalue weighted by molar-refractivity contribution is 0.0983. The van der Waals surface area contributed by atoms with Crippen LogP contribution in [0.4, 0.5) is 0 Å². The Labute approximate surface area is 125 Å². The van der Waals surface area contributed by atoms with Gasteiger partial charge in [-0.15, -0.1) is 0 Å². The van der Waals surface area contributed by atoms with Crippen molar-refractivity contribution in [1.29, 1.82) is 0 Å². The molecule has 1 aromatic carbocycles. The second kappa shape index (κ2) is 5.85. The van der Waals surface area contributed by atoms with Gasteiger partial charge in [-0.3, -0.25) is 9.78 Å². The molecule has 0 spiro atoms. The number of nitrogens with zero attached hydrogens (tertiary/aromatic N) is 3. The van der Waals surface area contributed by atoms with E-state index in [4.69, 9.17) is 16.1 Å². The van der Waals surface area contributed by atoms with Gasteiger partial charge in [0, 0.05) is 11.8 Å². The second-order valence-electron chi connectivity index (χ2n) is 4.34. The van der Waals surface area contributed by atoms with Gasteiger partial charge >= 0.3 is 0 Å². The number of halogens is 1. The van der Waals surface area contributed by atoms with Gasteiger partial charge in [0.1, 0.15) is 5.69 Å². The van der Waals surface area contributed by atoms with E-state index in [-0.39, 0.29) is 18.1 Å². The molecule has 0 aliphatic heterocycles. The van der Waals surface area contributed by atoms with Crippen LogP contribution >= 0.6 is 11.6 Å². The average molecular weight is 300 g/mol. The molecule has 2 heterocycles. The fourth-order valence-electron chi connectivity index (χ4n) is 1.80. The maximum Gasteiger partial charge on any atom is 0.234 e. The van der Waals surface area contributed by atoms with Crippen LogP contribution in [0, 0.1) is 0 Å². The molecule has 0 atom stereocenters. The topological polar surface area (TPSA) is 68.9 Å². The van der Waals surface area contributed by atoms with Crippen LogP contribution in [0.15, 0.2) is 53.2 Å². The zero-order chi connectivity index (χ0) is 14.7. The maximum atomic E-state index is 12.0.